The third-order valence-electron chi connectivity index (χ3n) is 7.02. The molecule has 0 bridgehead atoms. The number of para-hydroxylation sites is 1. The third-order valence-corrected chi connectivity index (χ3v) is 7.02. The van der Waals surface area contributed by atoms with Gasteiger partial charge in [-0.1, -0.05) is 38.1 Å². The number of ether oxygens (including phenoxy) is 1. The van der Waals surface area contributed by atoms with Gasteiger partial charge in [0.25, 0.3) is 5.91 Å². The van der Waals surface area contributed by atoms with Gasteiger partial charge >= 0.3 is 5.69 Å². The maximum Gasteiger partial charge on any atom is 0.335 e. The van der Waals surface area contributed by atoms with Crippen LogP contribution in [0.25, 0.3) is 16.9 Å². The van der Waals surface area contributed by atoms with Crippen molar-refractivity contribution < 1.29 is 9.53 Å². The minimum atomic E-state index is -0.353. The molecule has 10 heteroatoms. The van der Waals surface area contributed by atoms with Crippen LogP contribution in [0, 0.1) is 17.2 Å². The van der Waals surface area contributed by atoms with Gasteiger partial charge in [-0.3, -0.25) is 13.9 Å². The summed E-state index contributed by atoms with van der Waals surface area (Å²) in [5.41, 5.74) is 7.69. The Bertz CT molecular complexity index is 1640. The van der Waals surface area contributed by atoms with Crippen LogP contribution in [0.2, 0.25) is 0 Å². The van der Waals surface area contributed by atoms with E-state index in [4.69, 9.17) is 10.5 Å². The number of amides is 1. The van der Waals surface area contributed by atoms with Crippen LogP contribution in [-0.4, -0.2) is 31.1 Å². The second-order valence-electron chi connectivity index (χ2n) is 10.2. The molecule has 0 aliphatic heterocycles. The molecule has 1 saturated carbocycles. The number of aromatic nitrogens is 4. The van der Waals surface area contributed by atoms with Crippen LogP contribution >= 0.6 is 0 Å². The van der Waals surface area contributed by atoms with Gasteiger partial charge < -0.3 is 15.8 Å². The fourth-order valence-electron chi connectivity index (χ4n) is 5.16. The molecule has 0 unspecified atom stereocenters. The molecule has 0 spiro atoms. The molecule has 10 nitrogen and oxygen atoms in total. The molecule has 2 aromatic heterocycles. The van der Waals surface area contributed by atoms with Crippen molar-refractivity contribution >= 4 is 22.9 Å². The smallest absolute Gasteiger partial charge is 0.335 e. The van der Waals surface area contributed by atoms with E-state index >= 15 is 0 Å². The van der Waals surface area contributed by atoms with Crippen LogP contribution < -0.4 is 21.5 Å². The highest BCUT2D eigenvalue weighted by Gasteiger charge is 2.29. The maximum absolute atomic E-state index is 13.9. The van der Waals surface area contributed by atoms with E-state index in [2.05, 4.69) is 15.3 Å². The third kappa shape index (κ3) is 5.45. The molecule has 204 valence electrons. The molecule has 5 rings (SSSR count). The van der Waals surface area contributed by atoms with Gasteiger partial charge in [0.2, 0.25) is 0 Å². The van der Waals surface area contributed by atoms with E-state index in [1.165, 1.54) is 6.33 Å². The first-order chi connectivity index (χ1) is 19.4. The first-order valence-electron chi connectivity index (χ1n) is 13.3. The molecule has 0 saturated heterocycles. The molecule has 4 aromatic rings. The predicted octanol–water partition coefficient (Wildman–Crippen LogP) is 4.66. The van der Waals surface area contributed by atoms with Crippen LogP contribution in [0.3, 0.4) is 0 Å². The Hall–Kier alpha value is -4.91. The van der Waals surface area contributed by atoms with Gasteiger partial charge in [0.1, 0.15) is 35.0 Å². The summed E-state index contributed by atoms with van der Waals surface area (Å²) < 4.78 is 9.13. The molecular weight excluding hydrogens is 506 g/mol. The predicted molar refractivity (Wildman–Crippen MR) is 152 cm³/mol. The number of nitrogen functional groups attached to an aromatic ring is 1. The summed E-state index contributed by atoms with van der Waals surface area (Å²) in [6.07, 6.45) is 5.69. The zero-order valence-electron chi connectivity index (χ0n) is 22.4. The average Bonchev–Trinajstić information content (AvgIpc) is 3.26. The van der Waals surface area contributed by atoms with Gasteiger partial charge in [0.05, 0.1) is 5.69 Å². The number of rotatable bonds is 7. The fraction of sp³-hybridized carbons (Fsp3) is 0.300. The number of fused-ring (bicyclic) bond motifs is 1. The first kappa shape index (κ1) is 26.7. The Balaban J connectivity index is 1.39. The van der Waals surface area contributed by atoms with Crippen molar-refractivity contribution in [3.63, 3.8) is 0 Å². The molecular formula is C30H31N7O3. The number of carbonyl (C=O) groups excluding carboxylic acids is 1. The number of allylic oxidation sites excluding steroid dienone is 1. The summed E-state index contributed by atoms with van der Waals surface area (Å²) in [6, 6.07) is 18.5. The van der Waals surface area contributed by atoms with Crippen LogP contribution in [0.15, 0.2) is 77.4 Å². The highest BCUT2D eigenvalue weighted by Crippen LogP contribution is 2.32. The summed E-state index contributed by atoms with van der Waals surface area (Å²) >= 11 is 0. The highest BCUT2D eigenvalue weighted by atomic mass is 16.5. The number of nitrogens with two attached hydrogens (primary N) is 1. The van der Waals surface area contributed by atoms with Gasteiger partial charge in [0.15, 0.2) is 11.5 Å². The molecule has 0 atom stereocenters. The van der Waals surface area contributed by atoms with Gasteiger partial charge in [-0.15, -0.1) is 0 Å². The Morgan fingerprint density at radius 3 is 2.40 bits per heavy atom. The van der Waals surface area contributed by atoms with Crippen molar-refractivity contribution in [2.75, 3.05) is 5.73 Å². The van der Waals surface area contributed by atoms with Crippen molar-refractivity contribution in [1.29, 1.82) is 5.26 Å². The molecule has 0 radical (unpaired) electrons. The lowest BCUT2D eigenvalue weighted by molar-refractivity contribution is -0.118. The standard InChI is InChI=1S/C30H31N7O3/c1-19(2)16-20(17-31)29(38)35-21-8-10-23(11-9-21)37-28-26(27(32)33-18-34-28)36(30(37)39)22-12-14-25(15-13-22)40-24-6-4-3-5-7-24/h3-7,12-16,18-19,21,23H,8-11H2,1-2H3,(H,35,38)(H2,32,33,34). The number of nitriles is 1. The summed E-state index contributed by atoms with van der Waals surface area (Å²) in [7, 11) is 0. The van der Waals surface area contributed by atoms with E-state index in [0.717, 1.165) is 0 Å². The molecule has 40 heavy (non-hydrogen) atoms. The SMILES string of the molecule is CC(C)C=C(C#N)C(=O)NC1CCC(n2c(=O)n(-c3ccc(Oc4ccccc4)cc3)c3c(N)ncnc32)CC1. The molecule has 1 aliphatic rings. The lowest BCUT2D eigenvalue weighted by Gasteiger charge is -2.29. The molecule has 3 N–H and O–H groups in total. The van der Waals surface area contributed by atoms with Gasteiger partial charge in [-0.2, -0.15) is 5.26 Å². The van der Waals surface area contributed by atoms with Crippen molar-refractivity contribution in [1.82, 2.24) is 24.4 Å². The number of anilines is 1. The number of nitrogens with zero attached hydrogens (tertiary/aromatic N) is 5. The highest BCUT2D eigenvalue weighted by molar-refractivity contribution is 5.97. The minimum Gasteiger partial charge on any atom is -0.457 e. The van der Waals surface area contributed by atoms with E-state index in [0.29, 0.717) is 54.0 Å². The number of benzene rings is 2. The van der Waals surface area contributed by atoms with Crippen molar-refractivity contribution in [2.24, 2.45) is 5.92 Å². The molecule has 1 fully saturated rings. The van der Waals surface area contributed by atoms with Crippen molar-refractivity contribution in [2.45, 2.75) is 51.6 Å². The summed E-state index contributed by atoms with van der Waals surface area (Å²) in [5.74, 6) is 1.32. The van der Waals surface area contributed by atoms with Crippen molar-refractivity contribution in [3.8, 4) is 23.3 Å². The lowest BCUT2D eigenvalue weighted by atomic mass is 9.90. The zero-order chi connectivity index (χ0) is 28.2. The van der Waals surface area contributed by atoms with E-state index in [-0.39, 0.29) is 41.0 Å². The van der Waals surface area contributed by atoms with E-state index in [9.17, 15) is 14.9 Å². The normalized spacial score (nSPS) is 17.5. The number of hydrogen-bond donors (Lipinski definition) is 2. The fourth-order valence-corrected chi connectivity index (χ4v) is 5.16. The topological polar surface area (TPSA) is 141 Å². The van der Waals surface area contributed by atoms with Crippen LogP contribution in [-0.2, 0) is 4.79 Å². The number of nitrogens with one attached hydrogen (secondary N) is 1. The van der Waals surface area contributed by atoms with Gasteiger partial charge in [-0.05, 0) is 68.0 Å². The molecule has 1 aliphatic carbocycles. The lowest BCUT2D eigenvalue weighted by Crippen LogP contribution is -2.39. The Morgan fingerprint density at radius 2 is 1.75 bits per heavy atom. The Morgan fingerprint density at radius 1 is 1.07 bits per heavy atom. The number of hydrogen-bond acceptors (Lipinski definition) is 7. The van der Waals surface area contributed by atoms with E-state index in [1.807, 2.05) is 50.2 Å². The van der Waals surface area contributed by atoms with Gasteiger partial charge in [0, 0.05) is 12.1 Å². The maximum atomic E-state index is 13.9. The Kier molecular flexibility index (Phi) is 7.64. The minimum absolute atomic E-state index is 0.0754. The summed E-state index contributed by atoms with van der Waals surface area (Å²) in [5, 5.41) is 12.3. The zero-order valence-corrected chi connectivity index (χ0v) is 22.4. The molecule has 2 heterocycles. The quantitative estimate of drug-likeness (QED) is 0.258. The summed E-state index contributed by atoms with van der Waals surface area (Å²) in [4.78, 5) is 35.0. The van der Waals surface area contributed by atoms with Crippen LogP contribution in [0.1, 0.15) is 45.6 Å². The average molecular weight is 538 g/mol. The second kappa shape index (κ2) is 11.5. The molecule has 2 aromatic carbocycles. The van der Waals surface area contributed by atoms with E-state index < -0.39 is 0 Å². The number of imidazole rings is 1. The second-order valence-corrected chi connectivity index (χ2v) is 10.2. The number of carbonyl (C=O) groups is 1. The van der Waals surface area contributed by atoms with Crippen molar-refractivity contribution in [3.05, 3.63) is 83.1 Å². The monoisotopic (exact) mass is 537 g/mol. The Labute approximate surface area is 231 Å². The first-order valence-corrected chi connectivity index (χ1v) is 13.3. The van der Waals surface area contributed by atoms with E-state index in [1.54, 1.807) is 39.5 Å². The van der Waals surface area contributed by atoms with Crippen LogP contribution in [0.5, 0.6) is 11.5 Å². The largest absolute Gasteiger partial charge is 0.457 e. The van der Waals surface area contributed by atoms with Crippen LogP contribution in [0.4, 0.5) is 5.82 Å². The van der Waals surface area contributed by atoms with Gasteiger partial charge in [-0.25, -0.2) is 14.8 Å². The molecule has 1 amide bonds. The summed E-state index contributed by atoms with van der Waals surface area (Å²) in [6.45, 7) is 3.85.